The van der Waals surface area contributed by atoms with E-state index in [-0.39, 0.29) is 5.91 Å². The Bertz CT molecular complexity index is 1200. The smallest absolute Gasteiger partial charge is 0.254 e. The number of hydrogen-bond acceptors (Lipinski definition) is 6. The highest BCUT2D eigenvalue weighted by molar-refractivity contribution is 5.94. The topological polar surface area (TPSA) is 72.0 Å². The lowest BCUT2D eigenvalue weighted by atomic mass is 10.1. The van der Waals surface area contributed by atoms with Gasteiger partial charge in [0.2, 0.25) is 5.88 Å². The second-order valence-electron chi connectivity index (χ2n) is 7.83. The molecule has 1 amide bonds. The molecule has 0 atom stereocenters. The molecule has 7 nitrogen and oxygen atoms in total. The van der Waals surface area contributed by atoms with Gasteiger partial charge in [-0.15, -0.1) is 0 Å². The monoisotopic (exact) mass is 459 g/mol. The average molecular weight is 460 g/mol. The third-order valence-electron chi connectivity index (χ3n) is 5.74. The standard InChI is InChI=1S/C27H29N3O4/c1-4-29(5-2)27-24(25(28-34-27)20-11-7-6-8-12-20)19-30(18-23-15-10-16-33-23)26(31)21-13-9-14-22(17-21)32-3/h6-17H,4-5,18-19H2,1-3H3. The van der Waals surface area contributed by atoms with Crippen molar-refractivity contribution in [1.82, 2.24) is 10.1 Å². The Morgan fingerprint density at radius 2 is 1.76 bits per heavy atom. The minimum atomic E-state index is -0.138. The third-order valence-corrected chi connectivity index (χ3v) is 5.74. The van der Waals surface area contributed by atoms with Crippen LogP contribution in [0.3, 0.4) is 0 Å². The highest BCUT2D eigenvalue weighted by Gasteiger charge is 2.26. The fourth-order valence-corrected chi connectivity index (χ4v) is 3.94. The molecule has 0 N–H and O–H groups in total. The minimum absolute atomic E-state index is 0.138. The fraction of sp³-hybridized carbons (Fsp3) is 0.259. The quantitative estimate of drug-likeness (QED) is 0.306. The second-order valence-corrected chi connectivity index (χ2v) is 7.83. The van der Waals surface area contributed by atoms with Crippen LogP contribution >= 0.6 is 0 Å². The molecule has 4 aromatic rings. The lowest BCUT2D eigenvalue weighted by molar-refractivity contribution is 0.0717. The normalized spacial score (nSPS) is 10.8. The number of nitrogens with zero attached hydrogens (tertiary/aromatic N) is 3. The van der Waals surface area contributed by atoms with Crippen molar-refractivity contribution in [3.63, 3.8) is 0 Å². The second kappa shape index (κ2) is 10.7. The zero-order valence-electron chi connectivity index (χ0n) is 19.7. The van der Waals surface area contributed by atoms with Gasteiger partial charge in [0.15, 0.2) is 0 Å². The molecule has 0 aliphatic carbocycles. The van der Waals surface area contributed by atoms with E-state index in [1.54, 1.807) is 30.4 Å². The molecule has 2 heterocycles. The minimum Gasteiger partial charge on any atom is -0.497 e. The van der Waals surface area contributed by atoms with E-state index in [9.17, 15) is 4.79 Å². The van der Waals surface area contributed by atoms with E-state index in [1.165, 1.54) is 0 Å². The number of hydrogen-bond donors (Lipinski definition) is 0. The summed E-state index contributed by atoms with van der Waals surface area (Å²) in [7, 11) is 1.59. The van der Waals surface area contributed by atoms with Gasteiger partial charge in [0.1, 0.15) is 17.2 Å². The summed E-state index contributed by atoms with van der Waals surface area (Å²) in [6.45, 7) is 6.26. The third kappa shape index (κ3) is 4.98. The largest absolute Gasteiger partial charge is 0.497 e. The lowest BCUT2D eigenvalue weighted by Gasteiger charge is -2.24. The summed E-state index contributed by atoms with van der Waals surface area (Å²) in [6, 6.07) is 20.7. The Morgan fingerprint density at radius 1 is 0.971 bits per heavy atom. The average Bonchev–Trinajstić information content (AvgIpc) is 3.55. The van der Waals surface area contributed by atoms with Crippen LogP contribution in [0.15, 0.2) is 81.9 Å². The summed E-state index contributed by atoms with van der Waals surface area (Å²) in [4.78, 5) is 17.6. The number of furan rings is 1. The summed E-state index contributed by atoms with van der Waals surface area (Å²) in [5.41, 5.74) is 3.06. The van der Waals surface area contributed by atoms with E-state index in [1.807, 2.05) is 54.6 Å². The van der Waals surface area contributed by atoms with Gasteiger partial charge >= 0.3 is 0 Å². The number of benzene rings is 2. The number of carbonyl (C=O) groups is 1. The summed E-state index contributed by atoms with van der Waals surface area (Å²) >= 11 is 0. The Balaban J connectivity index is 1.77. The van der Waals surface area contributed by atoms with Crippen molar-refractivity contribution in [1.29, 1.82) is 0 Å². The van der Waals surface area contributed by atoms with Crippen LogP contribution in [0.4, 0.5) is 5.88 Å². The molecular formula is C27H29N3O4. The van der Waals surface area contributed by atoms with Crippen molar-refractivity contribution in [2.45, 2.75) is 26.9 Å². The van der Waals surface area contributed by atoms with Crippen LogP contribution in [0, 0.1) is 0 Å². The zero-order chi connectivity index (χ0) is 23.9. The number of anilines is 1. The molecule has 0 bridgehead atoms. The van der Waals surface area contributed by atoms with Crippen LogP contribution in [0.2, 0.25) is 0 Å². The van der Waals surface area contributed by atoms with E-state index >= 15 is 0 Å². The van der Waals surface area contributed by atoms with Crippen LogP contribution in [0.5, 0.6) is 5.75 Å². The van der Waals surface area contributed by atoms with Crippen molar-refractivity contribution < 1.29 is 18.5 Å². The predicted octanol–water partition coefficient (Wildman–Crippen LogP) is 5.63. The Labute approximate surface area is 199 Å². The van der Waals surface area contributed by atoms with E-state index in [2.05, 4.69) is 23.9 Å². The van der Waals surface area contributed by atoms with Gasteiger partial charge in [-0.25, -0.2) is 0 Å². The molecule has 0 spiro atoms. The van der Waals surface area contributed by atoms with Gasteiger partial charge in [0.05, 0.1) is 32.0 Å². The molecule has 34 heavy (non-hydrogen) atoms. The van der Waals surface area contributed by atoms with Crippen LogP contribution in [0.25, 0.3) is 11.3 Å². The first-order valence-electron chi connectivity index (χ1n) is 11.4. The molecule has 176 valence electrons. The molecular weight excluding hydrogens is 430 g/mol. The number of rotatable bonds is 10. The highest BCUT2D eigenvalue weighted by Crippen LogP contribution is 2.33. The van der Waals surface area contributed by atoms with Crippen molar-refractivity contribution in [3.8, 4) is 17.0 Å². The highest BCUT2D eigenvalue weighted by atomic mass is 16.5. The molecule has 4 rings (SSSR count). The molecule has 0 unspecified atom stereocenters. The van der Waals surface area contributed by atoms with Gasteiger partial charge in [-0.1, -0.05) is 41.6 Å². The number of carbonyl (C=O) groups excluding carboxylic acids is 1. The summed E-state index contributed by atoms with van der Waals surface area (Å²) < 4.78 is 16.8. The zero-order valence-corrected chi connectivity index (χ0v) is 19.7. The molecule has 0 aliphatic heterocycles. The molecule has 0 saturated carbocycles. The maximum Gasteiger partial charge on any atom is 0.254 e. The lowest BCUT2D eigenvalue weighted by Crippen LogP contribution is -2.31. The van der Waals surface area contributed by atoms with Crippen LogP contribution in [0.1, 0.15) is 35.5 Å². The van der Waals surface area contributed by atoms with Crippen molar-refractivity contribution >= 4 is 11.8 Å². The molecule has 0 saturated heterocycles. The number of ether oxygens (including phenoxy) is 1. The number of methoxy groups -OCH3 is 1. The van der Waals surface area contributed by atoms with E-state index in [0.717, 1.165) is 29.9 Å². The molecule has 2 aromatic carbocycles. The molecule has 7 heteroatoms. The predicted molar refractivity (Wildman–Crippen MR) is 131 cm³/mol. The first kappa shape index (κ1) is 23.2. The van der Waals surface area contributed by atoms with Crippen LogP contribution in [-0.4, -0.2) is 36.2 Å². The number of amides is 1. The fourth-order valence-electron chi connectivity index (χ4n) is 3.94. The van der Waals surface area contributed by atoms with Crippen molar-refractivity contribution in [2.75, 3.05) is 25.1 Å². The van der Waals surface area contributed by atoms with E-state index in [0.29, 0.717) is 36.0 Å². The first-order chi connectivity index (χ1) is 16.6. The van der Waals surface area contributed by atoms with Crippen LogP contribution in [-0.2, 0) is 13.1 Å². The van der Waals surface area contributed by atoms with Gasteiger partial charge in [0, 0.05) is 24.2 Å². The van der Waals surface area contributed by atoms with Crippen molar-refractivity contribution in [3.05, 3.63) is 89.9 Å². The van der Waals surface area contributed by atoms with Gasteiger partial charge in [-0.2, -0.15) is 0 Å². The van der Waals surface area contributed by atoms with Crippen molar-refractivity contribution in [2.24, 2.45) is 0 Å². The van der Waals surface area contributed by atoms with Gasteiger partial charge < -0.3 is 23.5 Å². The van der Waals surface area contributed by atoms with E-state index in [4.69, 9.17) is 13.7 Å². The Morgan fingerprint density at radius 3 is 2.44 bits per heavy atom. The molecule has 0 fully saturated rings. The molecule has 0 aliphatic rings. The number of aromatic nitrogens is 1. The summed E-state index contributed by atoms with van der Waals surface area (Å²) in [6.07, 6.45) is 1.61. The van der Waals surface area contributed by atoms with Gasteiger partial charge in [0.25, 0.3) is 5.91 Å². The Hall–Kier alpha value is -4.00. The SMILES string of the molecule is CCN(CC)c1onc(-c2ccccc2)c1CN(Cc1ccco1)C(=O)c1cccc(OC)c1. The van der Waals surface area contributed by atoms with Gasteiger partial charge in [-0.05, 0) is 44.2 Å². The van der Waals surface area contributed by atoms with Gasteiger partial charge in [-0.3, -0.25) is 4.79 Å². The summed E-state index contributed by atoms with van der Waals surface area (Å²) in [5.74, 6) is 1.86. The molecule has 0 radical (unpaired) electrons. The maximum absolute atomic E-state index is 13.7. The first-order valence-corrected chi connectivity index (χ1v) is 11.4. The van der Waals surface area contributed by atoms with E-state index < -0.39 is 0 Å². The maximum atomic E-state index is 13.7. The Kier molecular flexibility index (Phi) is 7.32. The molecule has 2 aromatic heterocycles. The summed E-state index contributed by atoms with van der Waals surface area (Å²) in [5, 5.41) is 4.41. The van der Waals surface area contributed by atoms with Crippen LogP contribution < -0.4 is 9.64 Å².